The predicted octanol–water partition coefficient (Wildman–Crippen LogP) is 1.92. The molecule has 6 nitrogen and oxygen atoms in total. The highest BCUT2D eigenvalue weighted by Crippen LogP contribution is 2.25. The van der Waals surface area contributed by atoms with Crippen LogP contribution in [-0.2, 0) is 10.0 Å². The van der Waals surface area contributed by atoms with E-state index >= 15 is 0 Å². The first kappa shape index (κ1) is 19.9. The predicted molar refractivity (Wildman–Crippen MR) is 98.8 cm³/mol. The number of carbonyl (C=O) groups excluding carboxylic acids is 1. The van der Waals surface area contributed by atoms with Crippen molar-refractivity contribution < 1.29 is 13.2 Å². The maximum atomic E-state index is 13.0. The van der Waals surface area contributed by atoms with Crippen molar-refractivity contribution >= 4 is 15.9 Å². The van der Waals surface area contributed by atoms with Crippen molar-refractivity contribution in [1.82, 2.24) is 9.21 Å². The molecule has 1 aliphatic heterocycles. The van der Waals surface area contributed by atoms with Gasteiger partial charge in [0.1, 0.15) is 0 Å². The molecule has 0 saturated carbocycles. The number of hydrogen-bond donors (Lipinski definition) is 1. The van der Waals surface area contributed by atoms with Crippen LogP contribution in [0.15, 0.2) is 29.2 Å². The Hall–Kier alpha value is -1.44. The normalized spacial score (nSPS) is 16.6. The van der Waals surface area contributed by atoms with Gasteiger partial charge in [-0.15, -0.1) is 0 Å². The average molecular weight is 368 g/mol. The van der Waals surface area contributed by atoms with Gasteiger partial charge in [0.15, 0.2) is 0 Å². The van der Waals surface area contributed by atoms with E-state index in [2.05, 4.69) is 0 Å². The van der Waals surface area contributed by atoms with E-state index in [1.54, 1.807) is 30.1 Å². The van der Waals surface area contributed by atoms with Crippen LogP contribution in [-0.4, -0.2) is 56.8 Å². The molecule has 0 spiro atoms. The van der Waals surface area contributed by atoms with Crippen LogP contribution in [0.1, 0.15) is 43.5 Å². The lowest BCUT2D eigenvalue weighted by Gasteiger charge is -2.30. The van der Waals surface area contributed by atoms with Crippen LogP contribution < -0.4 is 5.73 Å². The summed E-state index contributed by atoms with van der Waals surface area (Å²) in [4.78, 5) is 14.5. The lowest BCUT2D eigenvalue weighted by molar-refractivity contribution is 0.0736. The molecule has 7 heteroatoms. The summed E-state index contributed by atoms with van der Waals surface area (Å²) < 4.78 is 27.5. The minimum atomic E-state index is -3.66. The fourth-order valence-electron chi connectivity index (χ4n) is 3.10. The molecule has 25 heavy (non-hydrogen) atoms. The Balaban J connectivity index is 2.32. The maximum absolute atomic E-state index is 13.0. The monoisotopic (exact) mass is 367 g/mol. The molecule has 0 radical (unpaired) electrons. The number of benzene rings is 1. The Bertz CT molecular complexity index is 710. The van der Waals surface area contributed by atoms with E-state index in [1.165, 1.54) is 10.4 Å². The summed E-state index contributed by atoms with van der Waals surface area (Å²) in [5.74, 6) is -0.294. The summed E-state index contributed by atoms with van der Waals surface area (Å²) in [7, 11) is -1.97. The molecule has 1 aliphatic rings. The highest BCUT2D eigenvalue weighted by atomic mass is 32.2. The Morgan fingerprint density at radius 3 is 2.40 bits per heavy atom. The zero-order chi connectivity index (χ0) is 18.7. The summed E-state index contributed by atoms with van der Waals surface area (Å²) in [6, 6.07) is 6.48. The highest BCUT2D eigenvalue weighted by molar-refractivity contribution is 7.89. The van der Waals surface area contributed by atoms with Crippen molar-refractivity contribution in [3.63, 3.8) is 0 Å². The second-order valence-electron chi connectivity index (χ2n) is 7.49. The van der Waals surface area contributed by atoms with Gasteiger partial charge in [-0.3, -0.25) is 4.79 Å². The Morgan fingerprint density at radius 2 is 1.80 bits per heavy atom. The number of amides is 1. The first-order chi connectivity index (χ1) is 11.7. The number of rotatable bonds is 6. The fraction of sp³-hybridized carbons (Fsp3) is 0.611. The molecule has 1 aromatic carbocycles. The van der Waals surface area contributed by atoms with Crippen molar-refractivity contribution in [2.75, 3.05) is 33.2 Å². The molecule has 1 saturated heterocycles. The molecule has 0 atom stereocenters. The van der Waals surface area contributed by atoms with Gasteiger partial charge in [-0.2, -0.15) is 4.31 Å². The molecule has 0 bridgehead atoms. The van der Waals surface area contributed by atoms with E-state index < -0.39 is 10.0 Å². The van der Waals surface area contributed by atoms with Gasteiger partial charge in [0.2, 0.25) is 10.0 Å². The average Bonchev–Trinajstić information content (AvgIpc) is 2.61. The minimum absolute atomic E-state index is 0.0966. The molecular weight excluding hydrogens is 338 g/mol. The van der Waals surface area contributed by atoms with Crippen molar-refractivity contribution in [3.8, 4) is 0 Å². The van der Waals surface area contributed by atoms with Gasteiger partial charge in [-0.05, 0) is 36.9 Å². The second kappa shape index (κ2) is 7.85. The lowest BCUT2D eigenvalue weighted by Crippen LogP contribution is -2.41. The molecule has 1 fully saturated rings. The quantitative estimate of drug-likeness (QED) is 0.832. The van der Waals surface area contributed by atoms with Crippen LogP contribution in [0.5, 0.6) is 0 Å². The fourth-order valence-corrected chi connectivity index (χ4v) is 4.80. The maximum Gasteiger partial charge on any atom is 0.254 e. The van der Waals surface area contributed by atoms with Crippen LogP contribution in [0.3, 0.4) is 0 Å². The van der Waals surface area contributed by atoms with Gasteiger partial charge in [-0.1, -0.05) is 32.4 Å². The molecule has 0 aliphatic carbocycles. The minimum Gasteiger partial charge on any atom is -0.341 e. The van der Waals surface area contributed by atoms with E-state index in [0.717, 1.165) is 19.3 Å². The van der Waals surface area contributed by atoms with Gasteiger partial charge in [0, 0.05) is 26.7 Å². The zero-order valence-corrected chi connectivity index (χ0v) is 16.2. The molecule has 2 N–H and O–H groups in total. The molecule has 0 unspecified atom stereocenters. The highest BCUT2D eigenvalue weighted by Gasteiger charge is 2.31. The van der Waals surface area contributed by atoms with E-state index in [-0.39, 0.29) is 21.8 Å². The van der Waals surface area contributed by atoms with Crippen LogP contribution >= 0.6 is 0 Å². The summed E-state index contributed by atoms with van der Waals surface area (Å²) in [6.45, 7) is 5.89. The molecular formula is C18H29N3O3S. The van der Waals surface area contributed by atoms with Crippen LogP contribution in [0.25, 0.3) is 0 Å². The first-order valence-electron chi connectivity index (χ1n) is 8.74. The Labute approximate surface area is 151 Å². The topological polar surface area (TPSA) is 83.7 Å². The molecule has 140 valence electrons. The SMILES string of the molecule is CN(CC(C)(C)CN)C(=O)c1ccccc1S(=O)(=O)N1CCCCC1. The molecule has 2 rings (SSSR count). The van der Waals surface area contributed by atoms with Gasteiger partial charge >= 0.3 is 0 Å². The largest absolute Gasteiger partial charge is 0.341 e. The Kier molecular flexibility index (Phi) is 6.24. The van der Waals surface area contributed by atoms with E-state index in [0.29, 0.717) is 26.2 Å². The third kappa shape index (κ3) is 4.59. The number of carbonyl (C=O) groups is 1. The van der Waals surface area contributed by atoms with Crippen LogP contribution in [0.2, 0.25) is 0 Å². The van der Waals surface area contributed by atoms with Crippen molar-refractivity contribution in [1.29, 1.82) is 0 Å². The van der Waals surface area contributed by atoms with E-state index in [9.17, 15) is 13.2 Å². The molecule has 1 aromatic rings. The van der Waals surface area contributed by atoms with E-state index in [1.807, 2.05) is 13.8 Å². The smallest absolute Gasteiger partial charge is 0.254 e. The summed E-state index contributed by atoms with van der Waals surface area (Å²) in [5.41, 5.74) is 5.74. The second-order valence-corrected chi connectivity index (χ2v) is 9.40. The number of hydrogen-bond acceptors (Lipinski definition) is 4. The molecule has 1 heterocycles. The molecule has 0 aromatic heterocycles. The number of nitrogens with two attached hydrogens (primary N) is 1. The number of sulfonamides is 1. The van der Waals surface area contributed by atoms with Crippen molar-refractivity contribution in [2.45, 2.75) is 38.0 Å². The van der Waals surface area contributed by atoms with Crippen molar-refractivity contribution in [3.05, 3.63) is 29.8 Å². The van der Waals surface area contributed by atoms with Crippen molar-refractivity contribution in [2.24, 2.45) is 11.1 Å². The third-order valence-electron chi connectivity index (χ3n) is 4.61. The summed E-state index contributed by atoms with van der Waals surface area (Å²) in [6.07, 6.45) is 2.77. The zero-order valence-electron chi connectivity index (χ0n) is 15.4. The van der Waals surface area contributed by atoms with E-state index in [4.69, 9.17) is 5.73 Å². The number of piperidine rings is 1. The van der Waals surface area contributed by atoms with Gasteiger partial charge in [-0.25, -0.2) is 8.42 Å². The van der Waals surface area contributed by atoms with Gasteiger partial charge < -0.3 is 10.6 Å². The lowest BCUT2D eigenvalue weighted by atomic mass is 9.93. The summed E-state index contributed by atoms with van der Waals surface area (Å²) >= 11 is 0. The van der Waals surface area contributed by atoms with Crippen LogP contribution in [0.4, 0.5) is 0 Å². The van der Waals surface area contributed by atoms with Gasteiger partial charge in [0.05, 0.1) is 10.5 Å². The number of nitrogens with zero attached hydrogens (tertiary/aromatic N) is 2. The Morgan fingerprint density at radius 1 is 1.20 bits per heavy atom. The van der Waals surface area contributed by atoms with Gasteiger partial charge in [0.25, 0.3) is 5.91 Å². The third-order valence-corrected chi connectivity index (χ3v) is 6.57. The molecule has 1 amide bonds. The van der Waals surface area contributed by atoms with Crippen LogP contribution in [0, 0.1) is 5.41 Å². The standard InChI is InChI=1S/C18H29N3O3S/c1-18(2,13-19)14-20(3)17(22)15-9-5-6-10-16(15)25(23,24)21-11-7-4-8-12-21/h5-6,9-10H,4,7-8,11-14,19H2,1-3H3. The first-order valence-corrected chi connectivity index (χ1v) is 10.2. The summed E-state index contributed by atoms with van der Waals surface area (Å²) in [5, 5.41) is 0.